The van der Waals surface area contributed by atoms with Gasteiger partial charge in [-0.3, -0.25) is 0 Å². The number of hydrogen-bond acceptors (Lipinski definition) is 4. The zero-order valence-electron chi connectivity index (χ0n) is 32.6. The molecule has 5 heteroatoms. The van der Waals surface area contributed by atoms with Gasteiger partial charge in [-0.1, -0.05) is 141 Å². The SMILES string of the molecule is CC1(C)c2ccccc2-c2ccc(C3=NC(c4cccc5oc6ccc(-c7ccc8c(c7)c7ccccc7n8-c7ccccc7)cc6c45)N=C(c4ccccc4)N3)cc21. The molecule has 0 saturated heterocycles. The predicted molar refractivity (Wildman–Crippen MR) is 243 cm³/mol. The first-order valence-electron chi connectivity index (χ1n) is 20.3. The maximum Gasteiger partial charge on any atom is 0.170 e. The predicted octanol–water partition coefficient (Wildman–Crippen LogP) is 13.2. The third-order valence-corrected chi connectivity index (χ3v) is 12.5. The van der Waals surface area contributed by atoms with Gasteiger partial charge in [0.25, 0.3) is 0 Å². The van der Waals surface area contributed by atoms with Crippen molar-refractivity contribution in [2.75, 3.05) is 0 Å². The lowest BCUT2D eigenvalue weighted by Gasteiger charge is -2.25. The van der Waals surface area contributed by atoms with Crippen LogP contribution in [0.2, 0.25) is 0 Å². The van der Waals surface area contributed by atoms with Crippen LogP contribution in [-0.4, -0.2) is 16.2 Å². The summed E-state index contributed by atoms with van der Waals surface area (Å²) in [5.74, 6) is 1.59. The molecular weight excluding hydrogens is 721 g/mol. The first kappa shape index (κ1) is 33.6. The minimum absolute atomic E-state index is 0.130. The first-order valence-corrected chi connectivity index (χ1v) is 20.3. The molecule has 0 spiro atoms. The number of para-hydroxylation sites is 2. The highest BCUT2D eigenvalue weighted by molar-refractivity contribution is 6.17. The minimum atomic E-state index is -0.506. The Labute approximate surface area is 341 Å². The van der Waals surface area contributed by atoms with Crippen LogP contribution in [0.1, 0.15) is 47.8 Å². The Balaban J connectivity index is 1.00. The number of aliphatic imine (C=N–C) groups is 2. The molecule has 0 fully saturated rings. The van der Waals surface area contributed by atoms with E-state index < -0.39 is 6.17 Å². The van der Waals surface area contributed by atoms with Crippen LogP contribution in [0, 0.1) is 0 Å². The van der Waals surface area contributed by atoms with Crippen molar-refractivity contribution < 1.29 is 4.42 Å². The summed E-state index contributed by atoms with van der Waals surface area (Å²) in [5.41, 5.74) is 15.6. The van der Waals surface area contributed by atoms with Gasteiger partial charge >= 0.3 is 0 Å². The van der Waals surface area contributed by atoms with E-state index in [9.17, 15) is 0 Å². The highest BCUT2D eigenvalue weighted by atomic mass is 16.3. The van der Waals surface area contributed by atoms with Crippen LogP contribution in [-0.2, 0) is 5.41 Å². The average Bonchev–Trinajstić information content (AvgIpc) is 3.91. The number of furan rings is 1. The Bertz CT molecular complexity index is 3390. The van der Waals surface area contributed by atoms with E-state index in [1.165, 1.54) is 44.1 Å². The van der Waals surface area contributed by atoms with Crippen molar-refractivity contribution in [3.8, 4) is 27.9 Å². The maximum absolute atomic E-state index is 6.57. The smallest absolute Gasteiger partial charge is 0.170 e. The molecule has 1 aliphatic heterocycles. The third-order valence-electron chi connectivity index (χ3n) is 12.5. The van der Waals surface area contributed by atoms with Crippen LogP contribution in [0.4, 0.5) is 0 Å². The number of benzene rings is 8. The van der Waals surface area contributed by atoms with Crippen molar-refractivity contribution in [3.05, 3.63) is 210 Å². The second-order valence-corrected chi connectivity index (χ2v) is 16.2. The molecule has 5 nitrogen and oxygen atoms in total. The summed E-state index contributed by atoms with van der Waals surface area (Å²) < 4.78 is 8.92. The van der Waals surface area contributed by atoms with E-state index in [0.29, 0.717) is 0 Å². The summed E-state index contributed by atoms with van der Waals surface area (Å²) >= 11 is 0. The fourth-order valence-corrected chi connectivity index (χ4v) is 9.59. The van der Waals surface area contributed by atoms with Crippen LogP contribution >= 0.6 is 0 Å². The molecule has 0 saturated carbocycles. The van der Waals surface area contributed by atoms with E-state index in [0.717, 1.165) is 67.1 Å². The van der Waals surface area contributed by atoms with Crippen LogP contribution in [0.5, 0.6) is 0 Å². The standard InChI is InChI=1S/C54H38N4O/c1-54(2)44-21-11-9-18-38(44)39-27-24-36(32-45(39)54)52-55-51(33-14-5-3-6-15-33)56-53(57-52)41-20-13-23-49-50(41)43-31-35(26-29-48(43)59-49)34-25-28-47-42(30-34)40-19-10-12-22-46(40)58(47)37-16-7-4-8-17-37/h3-32,53H,1-2H3,(H,55,56,57). The van der Waals surface area contributed by atoms with E-state index in [4.69, 9.17) is 14.4 Å². The van der Waals surface area contributed by atoms with Crippen LogP contribution in [0.3, 0.4) is 0 Å². The summed E-state index contributed by atoms with van der Waals surface area (Å²) in [6.45, 7) is 4.63. The summed E-state index contributed by atoms with van der Waals surface area (Å²) in [6, 6.07) is 64.8. The zero-order chi connectivity index (χ0) is 39.2. The molecule has 1 N–H and O–H groups in total. The average molecular weight is 759 g/mol. The van der Waals surface area contributed by atoms with Crippen LogP contribution in [0.15, 0.2) is 196 Å². The Morgan fingerprint density at radius 3 is 2.00 bits per heavy atom. The summed E-state index contributed by atoms with van der Waals surface area (Å²) in [4.78, 5) is 10.7. The van der Waals surface area contributed by atoms with Crippen molar-refractivity contribution in [1.29, 1.82) is 0 Å². The molecule has 1 unspecified atom stereocenters. The number of hydrogen-bond donors (Lipinski definition) is 1. The van der Waals surface area contributed by atoms with Gasteiger partial charge in [-0.15, -0.1) is 0 Å². The highest BCUT2D eigenvalue weighted by Gasteiger charge is 2.36. The van der Waals surface area contributed by atoms with Crippen molar-refractivity contribution >= 4 is 55.4 Å². The molecule has 1 aliphatic carbocycles. The maximum atomic E-state index is 6.57. The largest absolute Gasteiger partial charge is 0.456 e. The quantitative estimate of drug-likeness (QED) is 0.190. The second-order valence-electron chi connectivity index (χ2n) is 16.2. The molecule has 10 aromatic rings. The molecule has 0 bridgehead atoms. The molecule has 59 heavy (non-hydrogen) atoms. The lowest BCUT2D eigenvalue weighted by Crippen LogP contribution is -2.36. The molecule has 2 aliphatic rings. The molecule has 0 amide bonds. The lowest BCUT2D eigenvalue weighted by atomic mass is 9.82. The number of fused-ring (bicyclic) bond motifs is 9. The fourth-order valence-electron chi connectivity index (χ4n) is 9.59. The van der Waals surface area contributed by atoms with Crippen molar-refractivity contribution in [3.63, 3.8) is 0 Å². The number of nitrogens with zero attached hydrogens (tertiary/aromatic N) is 3. The van der Waals surface area contributed by atoms with Crippen molar-refractivity contribution in [2.45, 2.75) is 25.4 Å². The van der Waals surface area contributed by atoms with E-state index >= 15 is 0 Å². The number of rotatable bonds is 5. The van der Waals surface area contributed by atoms with Gasteiger partial charge in [-0.2, -0.15) is 0 Å². The van der Waals surface area contributed by atoms with Gasteiger partial charge in [0.05, 0.1) is 11.0 Å². The van der Waals surface area contributed by atoms with Crippen LogP contribution < -0.4 is 5.32 Å². The van der Waals surface area contributed by atoms with E-state index in [1.54, 1.807) is 0 Å². The third kappa shape index (κ3) is 5.18. The lowest BCUT2D eigenvalue weighted by molar-refractivity contribution is 0.660. The van der Waals surface area contributed by atoms with Crippen LogP contribution in [0.25, 0.3) is 71.7 Å². The monoisotopic (exact) mass is 758 g/mol. The van der Waals surface area contributed by atoms with Crippen molar-refractivity contribution in [2.24, 2.45) is 9.98 Å². The van der Waals surface area contributed by atoms with E-state index in [1.807, 2.05) is 6.07 Å². The number of amidine groups is 2. The van der Waals surface area contributed by atoms with Gasteiger partial charge < -0.3 is 14.3 Å². The van der Waals surface area contributed by atoms with Gasteiger partial charge in [-0.05, 0) is 88.0 Å². The number of nitrogens with one attached hydrogen (secondary N) is 1. The molecular formula is C54H38N4O. The normalized spacial score (nSPS) is 15.6. The highest BCUT2D eigenvalue weighted by Crippen LogP contribution is 2.49. The Hall–Kier alpha value is -7.50. The summed E-state index contributed by atoms with van der Waals surface area (Å²) in [6.07, 6.45) is -0.506. The Morgan fingerprint density at radius 2 is 1.15 bits per heavy atom. The van der Waals surface area contributed by atoms with Gasteiger partial charge in [-0.25, -0.2) is 9.98 Å². The van der Waals surface area contributed by atoms with Gasteiger partial charge in [0.2, 0.25) is 0 Å². The second kappa shape index (κ2) is 12.8. The zero-order valence-corrected chi connectivity index (χ0v) is 32.6. The molecule has 1 atom stereocenters. The summed E-state index contributed by atoms with van der Waals surface area (Å²) in [5, 5.41) is 8.18. The Morgan fingerprint density at radius 1 is 0.492 bits per heavy atom. The molecule has 12 rings (SSSR count). The summed E-state index contributed by atoms with van der Waals surface area (Å²) in [7, 11) is 0. The van der Waals surface area contributed by atoms with Gasteiger partial charge in [0, 0.05) is 49.3 Å². The molecule has 280 valence electrons. The van der Waals surface area contributed by atoms with Gasteiger partial charge in [0.15, 0.2) is 6.17 Å². The minimum Gasteiger partial charge on any atom is -0.456 e. The molecule has 2 aromatic heterocycles. The fraction of sp³-hybridized carbons (Fsp3) is 0.0741. The van der Waals surface area contributed by atoms with Gasteiger partial charge in [0.1, 0.15) is 22.8 Å². The Kier molecular flexibility index (Phi) is 7.27. The number of aromatic nitrogens is 1. The molecule has 0 radical (unpaired) electrons. The van der Waals surface area contributed by atoms with E-state index in [-0.39, 0.29) is 5.41 Å². The van der Waals surface area contributed by atoms with Crippen molar-refractivity contribution in [1.82, 2.24) is 9.88 Å². The molecule has 3 heterocycles. The molecule has 8 aromatic carbocycles. The van der Waals surface area contributed by atoms with E-state index in [2.05, 4.69) is 200 Å². The topological polar surface area (TPSA) is 54.8 Å². The first-order chi connectivity index (χ1) is 29.0.